The molecule has 0 unspecified atom stereocenters. The number of hydrogen-bond acceptors (Lipinski definition) is 0. The van der Waals surface area contributed by atoms with Crippen LogP contribution in [0.3, 0.4) is 0 Å². The number of quaternary nitrogens is 1. The Bertz CT molecular complexity index is 49.6. The normalized spacial score (nSPS) is 14.3. The van der Waals surface area contributed by atoms with Gasteiger partial charge in [0.05, 0.1) is 6.04 Å². The molecule has 0 aliphatic carbocycles. The van der Waals surface area contributed by atoms with Crippen molar-refractivity contribution in [2.75, 3.05) is 0 Å². The molecule has 0 aliphatic rings. The van der Waals surface area contributed by atoms with Gasteiger partial charge in [-0.2, -0.15) is 0 Å². The van der Waals surface area contributed by atoms with Gasteiger partial charge in [0, 0.05) is 0 Å². The standard InChI is InChI=1S/C8H19N/c1-7(2)5-4-6-8(3)9/h7-8H,4-6,9H2,1-3H3/p+1/t8-/m0/s1. The first-order chi connectivity index (χ1) is 4.13. The van der Waals surface area contributed by atoms with E-state index in [2.05, 4.69) is 26.5 Å². The van der Waals surface area contributed by atoms with E-state index in [0.29, 0.717) is 6.04 Å². The predicted octanol–water partition coefficient (Wildman–Crippen LogP) is 1.44. The Morgan fingerprint density at radius 3 is 2.00 bits per heavy atom. The second kappa shape index (κ2) is 4.80. The Hall–Kier alpha value is -0.0400. The average molecular weight is 130 g/mol. The highest BCUT2D eigenvalue weighted by atomic mass is 14.6. The van der Waals surface area contributed by atoms with Crippen molar-refractivity contribution < 1.29 is 5.73 Å². The SMILES string of the molecule is CC(C)CCC[C@H](C)[NH3+]. The van der Waals surface area contributed by atoms with Gasteiger partial charge in [-0.15, -0.1) is 0 Å². The lowest BCUT2D eigenvalue weighted by molar-refractivity contribution is -0.415. The average Bonchev–Trinajstić information content (AvgIpc) is 1.63. The van der Waals surface area contributed by atoms with Crippen LogP contribution in [-0.4, -0.2) is 6.04 Å². The maximum absolute atomic E-state index is 3.94. The predicted molar refractivity (Wildman–Crippen MR) is 41.0 cm³/mol. The molecule has 0 aliphatic heterocycles. The van der Waals surface area contributed by atoms with Crippen LogP contribution in [0.2, 0.25) is 0 Å². The third-order valence-electron chi connectivity index (χ3n) is 1.48. The van der Waals surface area contributed by atoms with Gasteiger partial charge < -0.3 is 5.73 Å². The second-order valence-electron chi connectivity index (χ2n) is 3.43. The van der Waals surface area contributed by atoms with Crippen molar-refractivity contribution in [3.05, 3.63) is 0 Å². The van der Waals surface area contributed by atoms with E-state index in [1.807, 2.05) is 0 Å². The summed E-state index contributed by atoms with van der Waals surface area (Å²) in [6.07, 6.45) is 4.00. The molecule has 0 radical (unpaired) electrons. The molecule has 0 aromatic carbocycles. The highest BCUT2D eigenvalue weighted by Crippen LogP contribution is 2.06. The first-order valence-electron chi connectivity index (χ1n) is 3.96. The van der Waals surface area contributed by atoms with Gasteiger partial charge in [-0.05, 0) is 25.7 Å². The van der Waals surface area contributed by atoms with Crippen molar-refractivity contribution >= 4 is 0 Å². The molecule has 0 spiro atoms. The molecule has 0 rings (SSSR count). The molecule has 0 fully saturated rings. The van der Waals surface area contributed by atoms with Gasteiger partial charge in [0.1, 0.15) is 0 Å². The Morgan fingerprint density at radius 2 is 1.67 bits per heavy atom. The van der Waals surface area contributed by atoms with Crippen molar-refractivity contribution in [1.29, 1.82) is 0 Å². The first kappa shape index (κ1) is 8.96. The van der Waals surface area contributed by atoms with Gasteiger partial charge in [-0.25, -0.2) is 0 Å². The van der Waals surface area contributed by atoms with Crippen LogP contribution >= 0.6 is 0 Å². The fourth-order valence-corrected chi connectivity index (χ4v) is 0.875. The topological polar surface area (TPSA) is 27.6 Å². The van der Waals surface area contributed by atoms with Crippen LogP contribution in [0.5, 0.6) is 0 Å². The molecular formula is C8H20N+. The molecule has 0 heterocycles. The van der Waals surface area contributed by atoms with Gasteiger partial charge in [0.2, 0.25) is 0 Å². The maximum atomic E-state index is 3.94. The summed E-state index contributed by atoms with van der Waals surface area (Å²) in [6, 6.07) is 0.642. The molecule has 56 valence electrons. The summed E-state index contributed by atoms with van der Waals surface area (Å²) in [5, 5.41) is 0. The molecule has 0 amide bonds. The lowest BCUT2D eigenvalue weighted by atomic mass is 10.0. The zero-order valence-electron chi connectivity index (χ0n) is 6.98. The Kier molecular flexibility index (Phi) is 4.78. The van der Waals surface area contributed by atoms with Crippen LogP contribution in [0.1, 0.15) is 40.0 Å². The summed E-state index contributed by atoms with van der Waals surface area (Å²) in [5.41, 5.74) is 3.94. The van der Waals surface area contributed by atoms with Crippen molar-refractivity contribution in [3.8, 4) is 0 Å². The summed E-state index contributed by atoms with van der Waals surface area (Å²) in [4.78, 5) is 0. The largest absolute Gasteiger partial charge is 0.355 e. The first-order valence-corrected chi connectivity index (χ1v) is 3.96. The highest BCUT2D eigenvalue weighted by molar-refractivity contribution is 4.49. The van der Waals surface area contributed by atoms with E-state index in [1.54, 1.807) is 0 Å². The molecule has 0 saturated heterocycles. The molecular weight excluding hydrogens is 110 g/mol. The van der Waals surface area contributed by atoms with Crippen LogP contribution in [0.15, 0.2) is 0 Å². The van der Waals surface area contributed by atoms with Gasteiger partial charge in [0.25, 0.3) is 0 Å². The highest BCUT2D eigenvalue weighted by Gasteiger charge is 1.98. The zero-order chi connectivity index (χ0) is 7.28. The number of hydrogen-bond donors (Lipinski definition) is 1. The summed E-state index contributed by atoms with van der Waals surface area (Å²) < 4.78 is 0. The summed E-state index contributed by atoms with van der Waals surface area (Å²) in [6.45, 7) is 6.72. The maximum Gasteiger partial charge on any atom is 0.0815 e. The van der Waals surface area contributed by atoms with Gasteiger partial charge >= 0.3 is 0 Å². The van der Waals surface area contributed by atoms with E-state index < -0.39 is 0 Å². The Morgan fingerprint density at radius 1 is 1.11 bits per heavy atom. The molecule has 1 nitrogen and oxygen atoms in total. The van der Waals surface area contributed by atoms with Crippen molar-refractivity contribution in [1.82, 2.24) is 0 Å². The van der Waals surface area contributed by atoms with Crippen LogP contribution in [0.4, 0.5) is 0 Å². The minimum absolute atomic E-state index is 0.642. The summed E-state index contributed by atoms with van der Waals surface area (Å²) in [7, 11) is 0. The third-order valence-corrected chi connectivity index (χ3v) is 1.48. The van der Waals surface area contributed by atoms with E-state index in [0.717, 1.165) is 5.92 Å². The van der Waals surface area contributed by atoms with Crippen LogP contribution in [0, 0.1) is 5.92 Å². The fourth-order valence-electron chi connectivity index (χ4n) is 0.875. The summed E-state index contributed by atoms with van der Waals surface area (Å²) in [5.74, 6) is 0.865. The number of rotatable bonds is 4. The molecule has 3 N–H and O–H groups in total. The van der Waals surface area contributed by atoms with Crippen molar-refractivity contribution in [2.24, 2.45) is 5.92 Å². The monoisotopic (exact) mass is 130 g/mol. The molecule has 1 atom stereocenters. The van der Waals surface area contributed by atoms with Gasteiger partial charge in [-0.1, -0.05) is 20.3 Å². The molecule has 9 heavy (non-hydrogen) atoms. The lowest BCUT2D eigenvalue weighted by Gasteiger charge is -2.03. The second-order valence-corrected chi connectivity index (χ2v) is 3.43. The smallest absolute Gasteiger partial charge is 0.0815 e. The van der Waals surface area contributed by atoms with E-state index in [4.69, 9.17) is 0 Å². The Labute approximate surface area is 58.6 Å². The van der Waals surface area contributed by atoms with E-state index in [9.17, 15) is 0 Å². The minimum atomic E-state index is 0.642. The van der Waals surface area contributed by atoms with Gasteiger partial charge in [0.15, 0.2) is 0 Å². The van der Waals surface area contributed by atoms with E-state index in [1.165, 1.54) is 19.3 Å². The molecule has 0 aromatic rings. The quantitative estimate of drug-likeness (QED) is 0.596. The van der Waals surface area contributed by atoms with Crippen LogP contribution in [-0.2, 0) is 0 Å². The molecule has 0 aromatic heterocycles. The molecule has 1 heteroatoms. The van der Waals surface area contributed by atoms with E-state index in [-0.39, 0.29) is 0 Å². The van der Waals surface area contributed by atoms with Crippen molar-refractivity contribution in [3.63, 3.8) is 0 Å². The Balaban J connectivity index is 2.91. The van der Waals surface area contributed by atoms with Gasteiger partial charge in [-0.3, -0.25) is 0 Å². The molecule has 0 saturated carbocycles. The van der Waals surface area contributed by atoms with Crippen LogP contribution in [0.25, 0.3) is 0 Å². The van der Waals surface area contributed by atoms with E-state index >= 15 is 0 Å². The van der Waals surface area contributed by atoms with Crippen LogP contribution < -0.4 is 5.73 Å². The molecule has 0 bridgehead atoms. The minimum Gasteiger partial charge on any atom is -0.355 e. The lowest BCUT2D eigenvalue weighted by Crippen LogP contribution is -2.58. The summed E-state index contributed by atoms with van der Waals surface area (Å²) >= 11 is 0. The zero-order valence-corrected chi connectivity index (χ0v) is 6.98. The fraction of sp³-hybridized carbons (Fsp3) is 1.00. The van der Waals surface area contributed by atoms with Crippen molar-refractivity contribution in [2.45, 2.75) is 46.1 Å². The third kappa shape index (κ3) is 7.96.